The number of aliphatic hydroxyl groups excluding tert-OH is 1. The van der Waals surface area contributed by atoms with Crippen LogP contribution in [0.3, 0.4) is 0 Å². The summed E-state index contributed by atoms with van der Waals surface area (Å²) < 4.78 is 0. The van der Waals surface area contributed by atoms with Crippen molar-refractivity contribution in [2.75, 3.05) is 18.1 Å². The molecular weight excluding hydrogens is 232 g/mol. The van der Waals surface area contributed by atoms with Crippen molar-refractivity contribution in [3.63, 3.8) is 0 Å². The Hall–Kier alpha value is -1.62. The molecule has 1 aliphatic heterocycles. The fraction of sp³-hybridized carbons (Fsp3) is 0.538. The van der Waals surface area contributed by atoms with Crippen molar-refractivity contribution in [2.24, 2.45) is 5.92 Å². The van der Waals surface area contributed by atoms with Gasteiger partial charge in [-0.3, -0.25) is 10.1 Å². The lowest BCUT2D eigenvalue weighted by atomic mass is 10.0. The molecule has 1 N–H and O–H groups in total. The zero-order valence-electron chi connectivity index (χ0n) is 10.7. The molecule has 0 aliphatic carbocycles. The number of aryl methyl sites for hydroxylation is 1. The molecule has 1 aliphatic rings. The highest BCUT2D eigenvalue weighted by Gasteiger charge is 2.31. The number of nitro groups is 1. The Kier molecular flexibility index (Phi) is 3.52. The van der Waals surface area contributed by atoms with Gasteiger partial charge in [0.25, 0.3) is 5.69 Å². The second-order valence-electron chi connectivity index (χ2n) is 4.94. The molecule has 2 atom stereocenters. The number of aliphatic hydroxyl groups is 1. The van der Waals surface area contributed by atoms with Gasteiger partial charge in [0.15, 0.2) is 0 Å². The van der Waals surface area contributed by atoms with Crippen LogP contribution in [0.5, 0.6) is 0 Å². The van der Waals surface area contributed by atoms with Crippen LogP contribution in [0.15, 0.2) is 18.2 Å². The number of anilines is 1. The van der Waals surface area contributed by atoms with Crippen molar-refractivity contribution in [3.8, 4) is 0 Å². The summed E-state index contributed by atoms with van der Waals surface area (Å²) in [5.41, 5.74) is 1.64. The van der Waals surface area contributed by atoms with Gasteiger partial charge < -0.3 is 10.0 Å². The van der Waals surface area contributed by atoms with E-state index in [1.54, 1.807) is 19.1 Å². The number of nitrogens with zero attached hydrogens (tertiary/aromatic N) is 2. The summed E-state index contributed by atoms with van der Waals surface area (Å²) in [7, 11) is 0. The zero-order valence-corrected chi connectivity index (χ0v) is 10.7. The summed E-state index contributed by atoms with van der Waals surface area (Å²) in [6, 6.07) is 5.33. The second kappa shape index (κ2) is 4.94. The van der Waals surface area contributed by atoms with Crippen LogP contribution in [-0.2, 0) is 0 Å². The maximum atomic E-state index is 10.9. The van der Waals surface area contributed by atoms with E-state index < -0.39 is 0 Å². The normalized spacial score (nSPS) is 23.4. The summed E-state index contributed by atoms with van der Waals surface area (Å²) in [6.07, 6.45) is 1.01. The van der Waals surface area contributed by atoms with Gasteiger partial charge in [-0.2, -0.15) is 0 Å². The highest BCUT2D eigenvalue weighted by molar-refractivity contribution is 5.57. The van der Waals surface area contributed by atoms with E-state index in [9.17, 15) is 15.2 Å². The van der Waals surface area contributed by atoms with E-state index in [4.69, 9.17) is 0 Å². The second-order valence-corrected chi connectivity index (χ2v) is 4.94. The number of rotatable bonds is 3. The van der Waals surface area contributed by atoms with E-state index in [-0.39, 0.29) is 23.3 Å². The lowest BCUT2D eigenvalue weighted by Crippen LogP contribution is -2.35. The first kappa shape index (κ1) is 12.8. The van der Waals surface area contributed by atoms with E-state index >= 15 is 0 Å². The van der Waals surface area contributed by atoms with Crippen LogP contribution in [0.2, 0.25) is 0 Å². The van der Waals surface area contributed by atoms with Crippen molar-refractivity contribution in [3.05, 3.63) is 33.9 Å². The van der Waals surface area contributed by atoms with Gasteiger partial charge in [-0.1, -0.05) is 13.0 Å². The smallest absolute Gasteiger partial charge is 0.274 e. The fourth-order valence-electron chi connectivity index (χ4n) is 2.58. The minimum Gasteiger partial charge on any atom is -0.394 e. The summed E-state index contributed by atoms with van der Waals surface area (Å²) in [6.45, 7) is 4.76. The molecule has 1 saturated heterocycles. The number of nitro benzene ring substituents is 1. The molecule has 5 nitrogen and oxygen atoms in total. The molecule has 18 heavy (non-hydrogen) atoms. The van der Waals surface area contributed by atoms with Crippen molar-refractivity contribution >= 4 is 11.4 Å². The Balaban J connectivity index is 2.34. The van der Waals surface area contributed by atoms with E-state index in [0.29, 0.717) is 11.5 Å². The van der Waals surface area contributed by atoms with Crippen LogP contribution >= 0.6 is 0 Å². The molecule has 2 unspecified atom stereocenters. The Morgan fingerprint density at radius 1 is 1.56 bits per heavy atom. The van der Waals surface area contributed by atoms with E-state index in [0.717, 1.165) is 18.7 Å². The number of hydrogen-bond acceptors (Lipinski definition) is 4. The summed E-state index contributed by atoms with van der Waals surface area (Å²) in [4.78, 5) is 12.7. The van der Waals surface area contributed by atoms with Gasteiger partial charge in [-0.05, 0) is 25.3 Å². The van der Waals surface area contributed by atoms with E-state index in [1.807, 2.05) is 6.07 Å². The molecule has 0 saturated carbocycles. The largest absolute Gasteiger partial charge is 0.394 e. The van der Waals surface area contributed by atoms with Crippen LogP contribution in [0.1, 0.15) is 18.9 Å². The van der Waals surface area contributed by atoms with Gasteiger partial charge >= 0.3 is 0 Å². The number of hydrogen-bond donors (Lipinski definition) is 1. The highest BCUT2D eigenvalue weighted by atomic mass is 16.6. The Labute approximate surface area is 106 Å². The third kappa shape index (κ3) is 2.18. The van der Waals surface area contributed by atoms with Crippen LogP contribution in [-0.4, -0.2) is 29.2 Å². The average Bonchev–Trinajstić information content (AvgIpc) is 2.70. The predicted molar refractivity (Wildman–Crippen MR) is 69.8 cm³/mol. The Morgan fingerprint density at radius 3 is 2.89 bits per heavy atom. The van der Waals surface area contributed by atoms with Crippen molar-refractivity contribution in [1.82, 2.24) is 0 Å². The number of benzene rings is 1. The monoisotopic (exact) mass is 250 g/mol. The first-order valence-corrected chi connectivity index (χ1v) is 6.17. The molecule has 0 aromatic heterocycles. The molecule has 0 spiro atoms. The fourth-order valence-corrected chi connectivity index (χ4v) is 2.58. The SMILES string of the molecule is Cc1ccc(N2CCC(C)C2CO)cc1[N+](=O)[O-]. The summed E-state index contributed by atoms with van der Waals surface area (Å²) in [5.74, 6) is 0.412. The maximum absolute atomic E-state index is 10.9. The standard InChI is InChI=1S/C13H18N2O3/c1-9-3-4-11(7-12(9)15(17)18)14-6-5-10(2)13(14)8-16/h3-4,7,10,13,16H,5-6,8H2,1-2H3. The van der Waals surface area contributed by atoms with Crippen LogP contribution in [0.4, 0.5) is 11.4 Å². The topological polar surface area (TPSA) is 66.6 Å². The van der Waals surface area contributed by atoms with Crippen molar-refractivity contribution in [1.29, 1.82) is 0 Å². The van der Waals surface area contributed by atoms with Gasteiger partial charge in [0, 0.05) is 23.9 Å². The molecular formula is C13H18N2O3. The quantitative estimate of drug-likeness (QED) is 0.659. The van der Waals surface area contributed by atoms with Gasteiger partial charge in [0.2, 0.25) is 0 Å². The predicted octanol–water partition coefficient (Wildman–Crippen LogP) is 2.11. The molecule has 2 rings (SSSR count). The third-order valence-corrected chi connectivity index (χ3v) is 3.79. The van der Waals surface area contributed by atoms with Crippen molar-refractivity contribution in [2.45, 2.75) is 26.3 Å². The molecule has 0 bridgehead atoms. The molecule has 5 heteroatoms. The summed E-state index contributed by atoms with van der Waals surface area (Å²) >= 11 is 0. The average molecular weight is 250 g/mol. The van der Waals surface area contributed by atoms with Gasteiger partial charge in [0.05, 0.1) is 17.6 Å². The van der Waals surface area contributed by atoms with Crippen LogP contribution in [0.25, 0.3) is 0 Å². The minimum absolute atomic E-state index is 0.0623. The summed E-state index contributed by atoms with van der Waals surface area (Å²) in [5, 5.41) is 20.4. The maximum Gasteiger partial charge on any atom is 0.274 e. The lowest BCUT2D eigenvalue weighted by molar-refractivity contribution is -0.385. The van der Waals surface area contributed by atoms with E-state index in [2.05, 4.69) is 11.8 Å². The molecule has 0 radical (unpaired) electrons. The highest BCUT2D eigenvalue weighted by Crippen LogP contribution is 2.32. The molecule has 1 aromatic rings. The molecule has 98 valence electrons. The van der Waals surface area contributed by atoms with Gasteiger partial charge in [-0.25, -0.2) is 0 Å². The first-order chi connectivity index (χ1) is 8.54. The van der Waals surface area contributed by atoms with Crippen LogP contribution in [0, 0.1) is 23.0 Å². The van der Waals surface area contributed by atoms with E-state index in [1.165, 1.54) is 0 Å². The minimum atomic E-state index is -0.355. The molecule has 0 amide bonds. The zero-order chi connectivity index (χ0) is 13.3. The first-order valence-electron chi connectivity index (χ1n) is 6.17. The van der Waals surface area contributed by atoms with Crippen LogP contribution < -0.4 is 4.90 Å². The van der Waals surface area contributed by atoms with Crippen molar-refractivity contribution < 1.29 is 10.0 Å². The Bertz CT molecular complexity index is 462. The Morgan fingerprint density at radius 2 is 2.28 bits per heavy atom. The molecule has 1 fully saturated rings. The van der Waals surface area contributed by atoms with Gasteiger partial charge in [-0.15, -0.1) is 0 Å². The van der Waals surface area contributed by atoms with Gasteiger partial charge in [0.1, 0.15) is 0 Å². The third-order valence-electron chi connectivity index (χ3n) is 3.79. The molecule has 1 heterocycles. The lowest BCUT2D eigenvalue weighted by Gasteiger charge is -2.27. The molecule has 1 aromatic carbocycles.